The molecule has 0 aliphatic heterocycles. The average Bonchev–Trinajstić information content (AvgIpc) is 2.74. The van der Waals surface area contributed by atoms with E-state index < -0.39 is 0 Å². The molecule has 0 N–H and O–H groups in total. The molecule has 1 nitrogen and oxygen atoms in total. The maximum absolute atomic E-state index is 12.7. The molecule has 0 radical (unpaired) electrons. The highest BCUT2D eigenvalue weighted by Crippen LogP contribution is 2.46. The molecule has 0 bridgehead atoms. The standard InChI is InChI=1S/C26H18Br2O/c27-24-12-6-5-7-19(24)16-13-17(15-18(29)14-16)25-22-10-3-1-8-20(22)21-9-2-4-11-23(21)26(25)28/h1-12,14,17H,13,15H2. The van der Waals surface area contributed by atoms with Crippen LogP contribution in [-0.2, 0) is 4.79 Å². The first-order chi connectivity index (χ1) is 14.1. The number of fused-ring (bicyclic) bond motifs is 3. The van der Waals surface area contributed by atoms with E-state index in [0.29, 0.717) is 6.42 Å². The molecule has 0 saturated carbocycles. The van der Waals surface area contributed by atoms with Crippen molar-refractivity contribution in [2.75, 3.05) is 0 Å². The van der Waals surface area contributed by atoms with Crippen LogP contribution in [-0.4, -0.2) is 5.78 Å². The molecule has 1 atom stereocenters. The van der Waals surface area contributed by atoms with Gasteiger partial charge in [-0.1, -0.05) is 82.7 Å². The van der Waals surface area contributed by atoms with Crippen LogP contribution in [0.1, 0.15) is 29.9 Å². The molecule has 0 amide bonds. The van der Waals surface area contributed by atoms with Gasteiger partial charge in [0.2, 0.25) is 0 Å². The van der Waals surface area contributed by atoms with Crippen molar-refractivity contribution in [3.05, 3.63) is 98.9 Å². The summed E-state index contributed by atoms with van der Waals surface area (Å²) < 4.78 is 2.14. The van der Waals surface area contributed by atoms with Crippen LogP contribution >= 0.6 is 31.9 Å². The fourth-order valence-corrected chi connectivity index (χ4v) is 5.95. The lowest BCUT2D eigenvalue weighted by molar-refractivity contribution is -0.115. The number of benzene rings is 4. The lowest BCUT2D eigenvalue weighted by Crippen LogP contribution is -2.13. The van der Waals surface area contributed by atoms with Gasteiger partial charge in [0.15, 0.2) is 5.78 Å². The highest BCUT2D eigenvalue weighted by atomic mass is 79.9. The van der Waals surface area contributed by atoms with Crippen LogP contribution in [0.25, 0.3) is 27.1 Å². The van der Waals surface area contributed by atoms with Crippen molar-refractivity contribution in [2.24, 2.45) is 0 Å². The van der Waals surface area contributed by atoms with Crippen LogP contribution in [0.4, 0.5) is 0 Å². The molecule has 0 heterocycles. The first kappa shape index (κ1) is 18.8. The minimum absolute atomic E-state index is 0.137. The molecule has 4 aromatic carbocycles. The Kier molecular flexibility index (Phi) is 4.89. The predicted octanol–water partition coefficient (Wildman–Crippen LogP) is 8.05. The second kappa shape index (κ2) is 7.55. The smallest absolute Gasteiger partial charge is 0.156 e. The summed E-state index contributed by atoms with van der Waals surface area (Å²) in [5, 5.41) is 4.91. The van der Waals surface area contributed by atoms with Gasteiger partial charge in [-0.3, -0.25) is 4.79 Å². The largest absolute Gasteiger partial charge is 0.295 e. The first-order valence-electron chi connectivity index (χ1n) is 9.70. The van der Waals surface area contributed by atoms with Crippen molar-refractivity contribution < 1.29 is 4.79 Å². The maximum atomic E-state index is 12.7. The van der Waals surface area contributed by atoms with E-state index in [-0.39, 0.29) is 11.7 Å². The second-order valence-electron chi connectivity index (χ2n) is 7.54. The van der Waals surface area contributed by atoms with Gasteiger partial charge in [0.1, 0.15) is 0 Å². The van der Waals surface area contributed by atoms with Gasteiger partial charge in [0.25, 0.3) is 0 Å². The number of rotatable bonds is 2. The first-order valence-corrected chi connectivity index (χ1v) is 11.3. The van der Waals surface area contributed by atoms with Crippen molar-refractivity contribution in [2.45, 2.75) is 18.8 Å². The number of carbonyl (C=O) groups is 1. The summed E-state index contributed by atoms with van der Waals surface area (Å²) in [7, 11) is 0. The van der Waals surface area contributed by atoms with Crippen LogP contribution in [0.3, 0.4) is 0 Å². The molecule has 5 rings (SSSR count). The quantitative estimate of drug-likeness (QED) is 0.252. The molecular weight excluding hydrogens is 488 g/mol. The van der Waals surface area contributed by atoms with Gasteiger partial charge in [-0.25, -0.2) is 0 Å². The Hall–Kier alpha value is -2.23. The van der Waals surface area contributed by atoms with E-state index >= 15 is 0 Å². The number of hydrogen-bond acceptors (Lipinski definition) is 1. The minimum Gasteiger partial charge on any atom is -0.295 e. The molecule has 0 aromatic heterocycles. The molecule has 0 saturated heterocycles. The van der Waals surface area contributed by atoms with Gasteiger partial charge in [0, 0.05) is 15.4 Å². The van der Waals surface area contributed by atoms with E-state index in [4.69, 9.17) is 0 Å². The third kappa shape index (κ3) is 3.27. The van der Waals surface area contributed by atoms with Gasteiger partial charge < -0.3 is 0 Å². The van der Waals surface area contributed by atoms with E-state index in [1.807, 2.05) is 24.3 Å². The zero-order chi connectivity index (χ0) is 20.0. The van der Waals surface area contributed by atoms with Crippen LogP contribution in [0.5, 0.6) is 0 Å². The Morgan fingerprint density at radius 2 is 1.28 bits per heavy atom. The highest BCUT2D eigenvalue weighted by Gasteiger charge is 2.27. The number of allylic oxidation sites excluding steroid dienone is 2. The minimum atomic E-state index is 0.137. The van der Waals surface area contributed by atoms with Gasteiger partial charge >= 0.3 is 0 Å². The van der Waals surface area contributed by atoms with Crippen LogP contribution in [0.2, 0.25) is 0 Å². The van der Waals surface area contributed by atoms with E-state index in [9.17, 15) is 4.79 Å². The van der Waals surface area contributed by atoms with Gasteiger partial charge in [-0.2, -0.15) is 0 Å². The van der Waals surface area contributed by atoms with Crippen molar-refractivity contribution in [1.82, 2.24) is 0 Å². The fourth-order valence-electron chi connectivity index (χ4n) is 4.53. The SMILES string of the molecule is O=C1C=C(c2ccccc2Br)CC(c2c(Br)c3ccccc3c3ccccc23)C1. The molecular formula is C26H18Br2O. The van der Waals surface area contributed by atoms with E-state index in [2.05, 4.69) is 86.5 Å². The van der Waals surface area contributed by atoms with Crippen LogP contribution < -0.4 is 0 Å². The molecule has 142 valence electrons. The van der Waals surface area contributed by atoms with E-state index in [1.165, 1.54) is 27.1 Å². The summed E-state index contributed by atoms with van der Waals surface area (Å²) in [4.78, 5) is 12.7. The Balaban J connectivity index is 1.71. The third-order valence-corrected chi connectivity index (χ3v) is 7.33. The summed E-state index contributed by atoms with van der Waals surface area (Å²) in [6.45, 7) is 0. The van der Waals surface area contributed by atoms with E-state index in [0.717, 1.165) is 26.5 Å². The average molecular weight is 506 g/mol. The predicted molar refractivity (Wildman–Crippen MR) is 128 cm³/mol. The molecule has 1 aliphatic carbocycles. The molecule has 29 heavy (non-hydrogen) atoms. The summed E-state index contributed by atoms with van der Waals surface area (Å²) in [6.07, 6.45) is 3.21. The summed E-state index contributed by atoms with van der Waals surface area (Å²) in [6, 6.07) is 25.2. The van der Waals surface area contributed by atoms with Crippen molar-refractivity contribution in [3.8, 4) is 0 Å². The fraction of sp³-hybridized carbons (Fsp3) is 0.115. The molecule has 1 aliphatic rings. The Morgan fingerprint density at radius 1 is 0.690 bits per heavy atom. The topological polar surface area (TPSA) is 17.1 Å². The van der Waals surface area contributed by atoms with E-state index in [1.54, 1.807) is 0 Å². The number of carbonyl (C=O) groups excluding carboxylic acids is 1. The van der Waals surface area contributed by atoms with Gasteiger partial charge in [0.05, 0.1) is 0 Å². The normalized spacial score (nSPS) is 17.0. The molecule has 3 heteroatoms. The summed E-state index contributed by atoms with van der Waals surface area (Å²) in [5.41, 5.74) is 3.44. The van der Waals surface area contributed by atoms with Crippen LogP contribution in [0.15, 0.2) is 87.8 Å². The zero-order valence-electron chi connectivity index (χ0n) is 15.7. The summed E-state index contributed by atoms with van der Waals surface area (Å²) in [5.74, 6) is 0.328. The molecule has 0 fully saturated rings. The number of ketones is 1. The number of hydrogen-bond donors (Lipinski definition) is 0. The monoisotopic (exact) mass is 504 g/mol. The van der Waals surface area contributed by atoms with Gasteiger partial charge in [-0.15, -0.1) is 0 Å². The summed E-state index contributed by atoms with van der Waals surface area (Å²) >= 11 is 7.56. The maximum Gasteiger partial charge on any atom is 0.156 e. The second-order valence-corrected chi connectivity index (χ2v) is 9.19. The molecule has 4 aromatic rings. The number of halogens is 2. The van der Waals surface area contributed by atoms with Crippen molar-refractivity contribution in [3.63, 3.8) is 0 Å². The highest BCUT2D eigenvalue weighted by molar-refractivity contribution is 9.11. The lowest BCUT2D eigenvalue weighted by Gasteiger charge is -2.26. The Labute approximate surface area is 186 Å². The third-order valence-electron chi connectivity index (χ3n) is 5.78. The van der Waals surface area contributed by atoms with Crippen molar-refractivity contribution >= 4 is 64.8 Å². The lowest BCUT2D eigenvalue weighted by atomic mass is 9.78. The molecule has 1 unspecified atom stereocenters. The van der Waals surface area contributed by atoms with Gasteiger partial charge in [-0.05, 0) is 78.7 Å². The van der Waals surface area contributed by atoms with Crippen LogP contribution in [0, 0.1) is 0 Å². The van der Waals surface area contributed by atoms with Crippen molar-refractivity contribution in [1.29, 1.82) is 0 Å². The Bertz CT molecular complexity index is 1300. The molecule has 0 spiro atoms. The zero-order valence-corrected chi connectivity index (χ0v) is 18.8. The Morgan fingerprint density at radius 3 is 2.00 bits per heavy atom.